The summed E-state index contributed by atoms with van der Waals surface area (Å²) in [5.74, 6) is 1.55. The first-order chi connectivity index (χ1) is 7.58. The minimum atomic E-state index is 0.0594. The van der Waals surface area contributed by atoms with Crippen LogP contribution < -0.4 is 15.2 Å². The summed E-state index contributed by atoms with van der Waals surface area (Å²) in [6.07, 6.45) is 2.05. The molecule has 2 N–H and O–H groups in total. The van der Waals surface area contributed by atoms with Crippen LogP contribution in [-0.2, 0) is 0 Å². The van der Waals surface area contributed by atoms with Crippen LogP contribution in [0.3, 0.4) is 0 Å². The second-order valence-corrected chi connectivity index (χ2v) is 4.77. The summed E-state index contributed by atoms with van der Waals surface area (Å²) in [5, 5.41) is 0. The summed E-state index contributed by atoms with van der Waals surface area (Å²) in [5.41, 5.74) is 7.99. The molecule has 0 saturated heterocycles. The van der Waals surface area contributed by atoms with Gasteiger partial charge in [0, 0.05) is 6.04 Å². The van der Waals surface area contributed by atoms with Gasteiger partial charge in [-0.1, -0.05) is 11.6 Å². The van der Waals surface area contributed by atoms with Gasteiger partial charge in [0.25, 0.3) is 0 Å². The molecule has 1 unspecified atom stereocenters. The SMILES string of the molecule is C/C(=C\c1cc(Br)c2c(c1)OCO2)C(C)N. The fourth-order valence-corrected chi connectivity index (χ4v) is 2.04. The van der Waals surface area contributed by atoms with Crippen LogP contribution >= 0.6 is 15.9 Å². The Labute approximate surface area is 103 Å². The van der Waals surface area contributed by atoms with Crippen molar-refractivity contribution < 1.29 is 9.47 Å². The smallest absolute Gasteiger partial charge is 0.231 e. The van der Waals surface area contributed by atoms with Gasteiger partial charge in [0.2, 0.25) is 6.79 Å². The lowest BCUT2D eigenvalue weighted by molar-refractivity contribution is 0.173. The highest BCUT2D eigenvalue weighted by Gasteiger charge is 2.17. The number of hydrogen-bond donors (Lipinski definition) is 1. The second-order valence-electron chi connectivity index (χ2n) is 3.91. The number of nitrogens with two attached hydrogens (primary N) is 1. The average molecular weight is 284 g/mol. The molecule has 3 nitrogen and oxygen atoms in total. The Kier molecular flexibility index (Phi) is 3.21. The van der Waals surface area contributed by atoms with E-state index in [1.54, 1.807) is 0 Å². The molecule has 2 rings (SSSR count). The van der Waals surface area contributed by atoms with E-state index >= 15 is 0 Å². The Bertz CT molecular complexity index is 441. The molecule has 1 aliphatic rings. The van der Waals surface area contributed by atoms with Crippen LogP contribution in [0.4, 0.5) is 0 Å². The molecule has 0 radical (unpaired) electrons. The lowest BCUT2D eigenvalue weighted by Crippen LogP contribution is -2.15. The molecule has 0 bridgehead atoms. The first kappa shape index (κ1) is 11.5. The highest BCUT2D eigenvalue weighted by atomic mass is 79.9. The summed E-state index contributed by atoms with van der Waals surface area (Å²) in [4.78, 5) is 0. The van der Waals surface area contributed by atoms with Crippen LogP contribution in [0, 0.1) is 0 Å². The van der Waals surface area contributed by atoms with E-state index in [4.69, 9.17) is 15.2 Å². The third-order valence-corrected chi connectivity index (χ3v) is 3.15. The molecule has 0 saturated carbocycles. The summed E-state index contributed by atoms with van der Waals surface area (Å²) >= 11 is 3.46. The Hall–Kier alpha value is -1.00. The van der Waals surface area contributed by atoms with E-state index in [9.17, 15) is 0 Å². The predicted octanol–water partition coefficient (Wildman–Crippen LogP) is 2.93. The molecule has 1 aliphatic heterocycles. The zero-order valence-corrected chi connectivity index (χ0v) is 10.9. The standard InChI is InChI=1S/C12H14BrNO2/c1-7(8(2)14)3-9-4-10(13)12-11(5-9)15-6-16-12/h3-5,8H,6,14H2,1-2H3/b7-3+. The zero-order chi connectivity index (χ0) is 11.7. The number of benzene rings is 1. The van der Waals surface area contributed by atoms with E-state index < -0.39 is 0 Å². The van der Waals surface area contributed by atoms with Crippen molar-refractivity contribution in [1.29, 1.82) is 0 Å². The maximum absolute atomic E-state index is 5.80. The van der Waals surface area contributed by atoms with Crippen molar-refractivity contribution in [3.05, 3.63) is 27.7 Å². The van der Waals surface area contributed by atoms with Crippen molar-refractivity contribution in [3.8, 4) is 11.5 Å². The summed E-state index contributed by atoms with van der Waals surface area (Å²) in [6.45, 7) is 4.27. The van der Waals surface area contributed by atoms with E-state index in [1.165, 1.54) is 0 Å². The van der Waals surface area contributed by atoms with E-state index in [-0.39, 0.29) is 12.8 Å². The van der Waals surface area contributed by atoms with E-state index in [0.717, 1.165) is 27.1 Å². The molecule has 0 aromatic heterocycles. The summed E-state index contributed by atoms with van der Waals surface area (Å²) in [6, 6.07) is 4.02. The van der Waals surface area contributed by atoms with Gasteiger partial charge in [-0.3, -0.25) is 0 Å². The van der Waals surface area contributed by atoms with Crippen molar-refractivity contribution in [2.75, 3.05) is 6.79 Å². The molecular formula is C12H14BrNO2. The number of fused-ring (bicyclic) bond motifs is 1. The molecule has 1 aromatic rings. The largest absolute Gasteiger partial charge is 0.454 e. The number of hydrogen-bond acceptors (Lipinski definition) is 3. The fraction of sp³-hybridized carbons (Fsp3) is 0.333. The van der Waals surface area contributed by atoms with Gasteiger partial charge in [0.15, 0.2) is 11.5 Å². The summed E-state index contributed by atoms with van der Waals surface area (Å²) in [7, 11) is 0. The fourth-order valence-electron chi connectivity index (χ4n) is 1.46. The number of rotatable bonds is 2. The van der Waals surface area contributed by atoms with Gasteiger partial charge in [-0.15, -0.1) is 0 Å². The van der Waals surface area contributed by atoms with Crippen LogP contribution in [0.5, 0.6) is 11.5 Å². The monoisotopic (exact) mass is 283 g/mol. The van der Waals surface area contributed by atoms with Gasteiger partial charge in [-0.05, 0) is 47.5 Å². The van der Waals surface area contributed by atoms with Crippen molar-refractivity contribution in [1.82, 2.24) is 0 Å². The molecule has 0 fully saturated rings. The quantitative estimate of drug-likeness (QED) is 0.908. The van der Waals surface area contributed by atoms with Gasteiger partial charge in [0.1, 0.15) is 0 Å². The Balaban J connectivity index is 2.37. The lowest BCUT2D eigenvalue weighted by atomic mass is 10.1. The van der Waals surface area contributed by atoms with Gasteiger partial charge in [-0.25, -0.2) is 0 Å². The topological polar surface area (TPSA) is 44.5 Å². The van der Waals surface area contributed by atoms with Crippen molar-refractivity contribution >= 4 is 22.0 Å². The molecule has 0 aliphatic carbocycles. The first-order valence-electron chi connectivity index (χ1n) is 5.11. The predicted molar refractivity (Wildman–Crippen MR) is 67.6 cm³/mol. The van der Waals surface area contributed by atoms with Crippen LogP contribution in [0.2, 0.25) is 0 Å². The minimum absolute atomic E-state index is 0.0594. The van der Waals surface area contributed by atoms with E-state index in [1.807, 2.05) is 26.0 Å². The molecule has 1 atom stereocenters. The Morgan fingerprint density at radius 2 is 2.25 bits per heavy atom. The maximum atomic E-state index is 5.80. The van der Waals surface area contributed by atoms with Gasteiger partial charge < -0.3 is 15.2 Å². The second kappa shape index (κ2) is 4.47. The maximum Gasteiger partial charge on any atom is 0.231 e. The number of ether oxygens (including phenoxy) is 2. The van der Waals surface area contributed by atoms with Crippen LogP contribution in [0.15, 0.2) is 22.2 Å². The van der Waals surface area contributed by atoms with Gasteiger partial charge in [-0.2, -0.15) is 0 Å². The molecular weight excluding hydrogens is 270 g/mol. The minimum Gasteiger partial charge on any atom is -0.454 e. The third kappa shape index (κ3) is 2.23. The third-order valence-electron chi connectivity index (χ3n) is 2.56. The molecule has 16 heavy (non-hydrogen) atoms. The summed E-state index contributed by atoms with van der Waals surface area (Å²) < 4.78 is 11.6. The average Bonchev–Trinajstić information content (AvgIpc) is 2.65. The normalized spacial score (nSPS) is 16.4. The highest BCUT2D eigenvalue weighted by Crippen LogP contribution is 2.40. The van der Waals surface area contributed by atoms with Crippen molar-refractivity contribution in [2.45, 2.75) is 19.9 Å². The van der Waals surface area contributed by atoms with Crippen LogP contribution in [-0.4, -0.2) is 12.8 Å². The molecule has 4 heteroatoms. The van der Waals surface area contributed by atoms with Crippen LogP contribution in [0.1, 0.15) is 19.4 Å². The molecule has 0 spiro atoms. The lowest BCUT2D eigenvalue weighted by Gasteiger charge is -2.06. The van der Waals surface area contributed by atoms with Gasteiger partial charge >= 0.3 is 0 Å². The Morgan fingerprint density at radius 3 is 2.94 bits per heavy atom. The number of halogens is 1. The first-order valence-corrected chi connectivity index (χ1v) is 5.90. The van der Waals surface area contributed by atoms with Crippen molar-refractivity contribution in [2.24, 2.45) is 5.73 Å². The molecule has 1 heterocycles. The van der Waals surface area contributed by atoms with Crippen molar-refractivity contribution in [3.63, 3.8) is 0 Å². The van der Waals surface area contributed by atoms with Crippen LogP contribution in [0.25, 0.3) is 6.08 Å². The highest BCUT2D eigenvalue weighted by molar-refractivity contribution is 9.10. The Morgan fingerprint density at radius 1 is 1.50 bits per heavy atom. The van der Waals surface area contributed by atoms with E-state index in [2.05, 4.69) is 22.0 Å². The molecule has 86 valence electrons. The molecule has 1 aromatic carbocycles. The van der Waals surface area contributed by atoms with Gasteiger partial charge in [0.05, 0.1) is 4.47 Å². The zero-order valence-electron chi connectivity index (χ0n) is 9.29. The molecule has 0 amide bonds. The van der Waals surface area contributed by atoms with E-state index in [0.29, 0.717) is 0 Å².